The lowest BCUT2D eigenvalue weighted by molar-refractivity contribution is -0.137. The molecule has 1 atom stereocenters. The fourth-order valence-electron chi connectivity index (χ4n) is 1.42. The van der Waals surface area contributed by atoms with Crippen molar-refractivity contribution in [1.82, 2.24) is 5.32 Å². The van der Waals surface area contributed by atoms with E-state index >= 15 is 0 Å². The molecule has 0 saturated carbocycles. The molecule has 0 aliphatic heterocycles. The molecule has 3 nitrogen and oxygen atoms in total. The van der Waals surface area contributed by atoms with E-state index in [-0.39, 0.29) is 5.56 Å². The van der Waals surface area contributed by atoms with Gasteiger partial charge in [-0.25, -0.2) is 0 Å². The molecule has 0 aromatic heterocycles. The van der Waals surface area contributed by atoms with Gasteiger partial charge in [-0.3, -0.25) is 4.79 Å². The normalized spacial score (nSPS) is 15.4. The molecule has 0 aliphatic carbocycles. The zero-order valence-electron chi connectivity index (χ0n) is 9.43. The number of benzene rings is 1. The fraction of sp³-hybridized carbons (Fsp3) is 0.364. The molecule has 1 unspecified atom stereocenters. The largest absolute Gasteiger partial charge is 0.416 e. The van der Waals surface area contributed by atoms with Crippen LogP contribution in [0.5, 0.6) is 0 Å². The summed E-state index contributed by atoms with van der Waals surface area (Å²) in [6, 6.07) is 4.54. The molecular formula is C11H13F3N2O. The Bertz CT molecular complexity index is 431. The quantitative estimate of drug-likeness (QED) is 0.851. The van der Waals surface area contributed by atoms with E-state index in [4.69, 9.17) is 5.73 Å². The lowest BCUT2D eigenvalue weighted by Gasteiger charge is -2.26. The zero-order chi connectivity index (χ0) is 13.3. The minimum absolute atomic E-state index is 0.183. The number of nitrogens with two attached hydrogens (primary N) is 1. The molecule has 1 aromatic rings. The van der Waals surface area contributed by atoms with Crippen molar-refractivity contribution >= 4 is 5.91 Å². The molecule has 0 radical (unpaired) electrons. The fourth-order valence-corrected chi connectivity index (χ4v) is 1.42. The first kappa shape index (κ1) is 13.5. The standard InChI is InChI=1S/C11H13F3N2O/c1-10(16-2,9(15)17)7-4-3-5-8(6-7)11(12,13)14/h3-6,16H,1-2H3,(H2,15,17). The van der Waals surface area contributed by atoms with Crippen LogP contribution in [0.3, 0.4) is 0 Å². The number of carbonyl (C=O) groups is 1. The molecular weight excluding hydrogens is 233 g/mol. The average Bonchev–Trinajstić information content (AvgIpc) is 2.26. The van der Waals surface area contributed by atoms with Gasteiger partial charge in [0.25, 0.3) is 0 Å². The highest BCUT2D eigenvalue weighted by Crippen LogP contribution is 2.31. The van der Waals surface area contributed by atoms with E-state index in [1.807, 2.05) is 0 Å². The molecule has 0 bridgehead atoms. The molecule has 6 heteroatoms. The van der Waals surface area contributed by atoms with Gasteiger partial charge >= 0.3 is 6.18 Å². The summed E-state index contributed by atoms with van der Waals surface area (Å²) in [5, 5.41) is 2.63. The van der Waals surface area contributed by atoms with E-state index in [1.54, 1.807) is 0 Å². The van der Waals surface area contributed by atoms with Gasteiger partial charge in [-0.05, 0) is 31.7 Å². The van der Waals surface area contributed by atoms with Crippen LogP contribution in [0.2, 0.25) is 0 Å². The summed E-state index contributed by atoms with van der Waals surface area (Å²) in [6.45, 7) is 1.44. The van der Waals surface area contributed by atoms with Crippen LogP contribution in [0, 0.1) is 0 Å². The molecule has 0 spiro atoms. The second kappa shape index (κ2) is 4.37. The first-order valence-corrected chi connectivity index (χ1v) is 4.88. The molecule has 17 heavy (non-hydrogen) atoms. The maximum absolute atomic E-state index is 12.5. The van der Waals surface area contributed by atoms with E-state index in [2.05, 4.69) is 5.32 Å². The summed E-state index contributed by atoms with van der Waals surface area (Å²) < 4.78 is 37.6. The molecule has 0 aliphatic rings. The van der Waals surface area contributed by atoms with E-state index in [9.17, 15) is 18.0 Å². The Hall–Kier alpha value is -1.56. The maximum atomic E-state index is 12.5. The predicted octanol–water partition coefficient (Wildman–Crippen LogP) is 1.63. The van der Waals surface area contributed by atoms with Crippen LogP contribution >= 0.6 is 0 Å². The number of hydrogen-bond acceptors (Lipinski definition) is 2. The Morgan fingerprint density at radius 3 is 2.24 bits per heavy atom. The van der Waals surface area contributed by atoms with Crippen molar-refractivity contribution in [3.05, 3.63) is 35.4 Å². The highest BCUT2D eigenvalue weighted by molar-refractivity contribution is 5.85. The Kier molecular flexibility index (Phi) is 3.47. The third-order valence-electron chi connectivity index (χ3n) is 2.76. The number of rotatable bonds is 3. The molecule has 1 amide bonds. The van der Waals surface area contributed by atoms with Crippen LogP contribution in [-0.2, 0) is 16.5 Å². The number of halogens is 3. The number of alkyl halides is 3. The SMILES string of the molecule is CNC(C)(C(N)=O)c1cccc(C(F)(F)F)c1. The number of hydrogen-bond donors (Lipinski definition) is 2. The number of nitrogens with one attached hydrogen (secondary N) is 1. The highest BCUT2D eigenvalue weighted by Gasteiger charge is 2.35. The average molecular weight is 246 g/mol. The Balaban J connectivity index is 3.28. The Morgan fingerprint density at radius 2 is 1.82 bits per heavy atom. The van der Waals surface area contributed by atoms with Crippen molar-refractivity contribution in [2.45, 2.75) is 18.6 Å². The van der Waals surface area contributed by atoms with Gasteiger partial charge in [-0.1, -0.05) is 12.1 Å². The van der Waals surface area contributed by atoms with Gasteiger partial charge in [-0.2, -0.15) is 13.2 Å². The molecule has 3 N–H and O–H groups in total. The summed E-state index contributed by atoms with van der Waals surface area (Å²) in [5.74, 6) is -0.737. The first-order valence-electron chi connectivity index (χ1n) is 4.88. The molecule has 0 saturated heterocycles. The minimum Gasteiger partial charge on any atom is -0.368 e. The van der Waals surface area contributed by atoms with E-state index < -0.39 is 23.2 Å². The number of carbonyl (C=O) groups excluding carboxylic acids is 1. The number of primary amides is 1. The number of likely N-dealkylation sites (N-methyl/N-ethyl adjacent to an activating group) is 1. The van der Waals surface area contributed by atoms with E-state index in [0.717, 1.165) is 12.1 Å². The van der Waals surface area contributed by atoms with Gasteiger partial charge in [0.2, 0.25) is 5.91 Å². The molecule has 1 aromatic carbocycles. The van der Waals surface area contributed by atoms with Crippen LogP contribution in [-0.4, -0.2) is 13.0 Å². The monoisotopic (exact) mass is 246 g/mol. The molecule has 0 fully saturated rings. The Morgan fingerprint density at radius 1 is 1.29 bits per heavy atom. The molecule has 94 valence electrons. The first-order chi connectivity index (χ1) is 7.71. The topological polar surface area (TPSA) is 55.1 Å². The van der Waals surface area contributed by atoms with Gasteiger partial charge in [0.05, 0.1) is 5.56 Å². The molecule has 0 heterocycles. The summed E-state index contributed by atoms with van der Waals surface area (Å²) in [5.41, 5.74) is 3.25. The number of amides is 1. The van der Waals surface area contributed by atoms with Crippen LogP contribution in [0.15, 0.2) is 24.3 Å². The second-order valence-electron chi connectivity index (χ2n) is 3.82. The lowest BCUT2D eigenvalue weighted by Crippen LogP contribution is -2.48. The highest BCUT2D eigenvalue weighted by atomic mass is 19.4. The van der Waals surface area contributed by atoms with Crippen LogP contribution in [0.1, 0.15) is 18.1 Å². The lowest BCUT2D eigenvalue weighted by atomic mass is 9.90. The van der Waals surface area contributed by atoms with Gasteiger partial charge in [0.15, 0.2) is 0 Å². The van der Waals surface area contributed by atoms with Crippen LogP contribution in [0.25, 0.3) is 0 Å². The maximum Gasteiger partial charge on any atom is 0.416 e. The van der Waals surface area contributed by atoms with Crippen molar-refractivity contribution in [3.63, 3.8) is 0 Å². The van der Waals surface area contributed by atoms with Gasteiger partial charge < -0.3 is 11.1 Å². The summed E-state index contributed by atoms with van der Waals surface area (Å²) >= 11 is 0. The van der Waals surface area contributed by atoms with E-state index in [0.29, 0.717) is 0 Å². The van der Waals surface area contributed by atoms with Gasteiger partial charge in [0.1, 0.15) is 5.54 Å². The zero-order valence-corrected chi connectivity index (χ0v) is 9.43. The summed E-state index contributed by atoms with van der Waals surface area (Å²) in [6.07, 6.45) is -4.44. The smallest absolute Gasteiger partial charge is 0.368 e. The third kappa shape index (κ3) is 2.58. The van der Waals surface area contributed by atoms with Crippen molar-refractivity contribution in [1.29, 1.82) is 0 Å². The van der Waals surface area contributed by atoms with Gasteiger partial charge in [-0.15, -0.1) is 0 Å². The van der Waals surface area contributed by atoms with Crippen LogP contribution in [0.4, 0.5) is 13.2 Å². The van der Waals surface area contributed by atoms with Crippen molar-refractivity contribution in [2.24, 2.45) is 5.73 Å². The minimum atomic E-state index is -4.44. The van der Waals surface area contributed by atoms with Crippen molar-refractivity contribution in [3.8, 4) is 0 Å². The van der Waals surface area contributed by atoms with Gasteiger partial charge in [0, 0.05) is 0 Å². The third-order valence-corrected chi connectivity index (χ3v) is 2.76. The Labute approximate surface area is 96.8 Å². The predicted molar refractivity (Wildman–Crippen MR) is 57.1 cm³/mol. The van der Waals surface area contributed by atoms with Crippen molar-refractivity contribution in [2.75, 3.05) is 7.05 Å². The van der Waals surface area contributed by atoms with E-state index in [1.165, 1.54) is 26.1 Å². The molecule has 1 rings (SSSR count). The van der Waals surface area contributed by atoms with Crippen molar-refractivity contribution < 1.29 is 18.0 Å². The second-order valence-corrected chi connectivity index (χ2v) is 3.82. The summed E-state index contributed by atoms with van der Waals surface area (Å²) in [7, 11) is 1.46. The summed E-state index contributed by atoms with van der Waals surface area (Å²) in [4.78, 5) is 11.3. The van der Waals surface area contributed by atoms with Crippen LogP contribution < -0.4 is 11.1 Å².